The second-order valence-electron chi connectivity index (χ2n) is 6.58. The van der Waals surface area contributed by atoms with Crippen LogP contribution in [0.4, 0.5) is 0 Å². The van der Waals surface area contributed by atoms with Crippen LogP contribution in [0.3, 0.4) is 0 Å². The Kier molecular flexibility index (Phi) is 4.04. The van der Waals surface area contributed by atoms with Crippen LogP contribution in [0.25, 0.3) is 0 Å². The van der Waals surface area contributed by atoms with Crippen molar-refractivity contribution in [1.29, 1.82) is 0 Å². The molecular formula is C14H28. The molecule has 1 rings (SSSR count). The van der Waals surface area contributed by atoms with E-state index in [1.165, 1.54) is 32.1 Å². The van der Waals surface area contributed by atoms with E-state index in [-0.39, 0.29) is 0 Å². The highest BCUT2D eigenvalue weighted by Crippen LogP contribution is 2.43. The molecule has 0 aromatic rings. The molecule has 0 heteroatoms. The molecule has 84 valence electrons. The van der Waals surface area contributed by atoms with Gasteiger partial charge in [-0.1, -0.05) is 41.0 Å². The SMILES string of the molecule is CCC(C)C1CC(CCC(C)(C)C)C1. The molecule has 0 nitrogen and oxygen atoms in total. The van der Waals surface area contributed by atoms with Crippen LogP contribution in [0.1, 0.15) is 66.7 Å². The van der Waals surface area contributed by atoms with Crippen molar-refractivity contribution in [3.8, 4) is 0 Å². The lowest BCUT2D eigenvalue weighted by molar-refractivity contribution is 0.111. The minimum atomic E-state index is 0.543. The quantitative estimate of drug-likeness (QED) is 0.601. The normalized spacial score (nSPS) is 29.8. The first kappa shape index (κ1) is 12.1. The molecule has 1 saturated carbocycles. The van der Waals surface area contributed by atoms with Crippen LogP contribution in [0.5, 0.6) is 0 Å². The minimum absolute atomic E-state index is 0.543. The molecule has 1 unspecified atom stereocenters. The van der Waals surface area contributed by atoms with E-state index in [1.807, 2.05) is 0 Å². The summed E-state index contributed by atoms with van der Waals surface area (Å²) in [7, 11) is 0. The van der Waals surface area contributed by atoms with Gasteiger partial charge in [-0.25, -0.2) is 0 Å². The molecule has 0 spiro atoms. The Bertz CT molecular complexity index is 157. The van der Waals surface area contributed by atoms with Crippen molar-refractivity contribution in [3.63, 3.8) is 0 Å². The summed E-state index contributed by atoms with van der Waals surface area (Å²) >= 11 is 0. The molecule has 0 radical (unpaired) electrons. The molecule has 14 heavy (non-hydrogen) atoms. The van der Waals surface area contributed by atoms with Gasteiger partial charge in [0.05, 0.1) is 0 Å². The first-order valence-electron chi connectivity index (χ1n) is 6.42. The van der Waals surface area contributed by atoms with Gasteiger partial charge in [0.25, 0.3) is 0 Å². The average Bonchev–Trinajstić information content (AvgIpc) is 1.98. The van der Waals surface area contributed by atoms with Gasteiger partial charge in [-0.2, -0.15) is 0 Å². The molecule has 1 fully saturated rings. The smallest absolute Gasteiger partial charge is 0.0383 e. The van der Waals surface area contributed by atoms with Crippen molar-refractivity contribution in [2.75, 3.05) is 0 Å². The Morgan fingerprint density at radius 2 is 1.79 bits per heavy atom. The van der Waals surface area contributed by atoms with Crippen molar-refractivity contribution < 1.29 is 0 Å². The van der Waals surface area contributed by atoms with E-state index in [2.05, 4.69) is 34.6 Å². The fourth-order valence-corrected chi connectivity index (χ4v) is 2.46. The first-order chi connectivity index (χ1) is 6.42. The van der Waals surface area contributed by atoms with Gasteiger partial charge in [0.15, 0.2) is 0 Å². The standard InChI is InChI=1S/C14H28/c1-6-11(2)13-9-12(10-13)7-8-14(3,4)5/h11-13H,6-10H2,1-5H3. The Balaban J connectivity index is 2.10. The van der Waals surface area contributed by atoms with Crippen LogP contribution in [-0.2, 0) is 0 Å². The van der Waals surface area contributed by atoms with Crippen molar-refractivity contribution in [2.24, 2.45) is 23.2 Å². The van der Waals surface area contributed by atoms with Gasteiger partial charge in [-0.05, 0) is 48.9 Å². The fraction of sp³-hybridized carbons (Fsp3) is 1.00. The third-order valence-electron chi connectivity index (χ3n) is 4.02. The highest BCUT2D eigenvalue weighted by Gasteiger charge is 2.32. The zero-order valence-electron chi connectivity index (χ0n) is 10.8. The summed E-state index contributed by atoms with van der Waals surface area (Å²) in [5, 5.41) is 0. The largest absolute Gasteiger partial charge is 0.0651 e. The second kappa shape index (κ2) is 4.68. The summed E-state index contributed by atoms with van der Waals surface area (Å²) in [6, 6.07) is 0. The lowest BCUT2D eigenvalue weighted by Gasteiger charge is -2.40. The molecule has 0 bridgehead atoms. The fourth-order valence-electron chi connectivity index (χ4n) is 2.46. The van der Waals surface area contributed by atoms with E-state index >= 15 is 0 Å². The number of rotatable bonds is 4. The predicted octanol–water partition coefficient (Wildman–Crippen LogP) is 4.89. The van der Waals surface area contributed by atoms with Crippen LogP contribution in [0.2, 0.25) is 0 Å². The minimum Gasteiger partial charge on any atom is -0.0651 e. The van der Waals surface area contributed by atoms with E-state index in [0.717, 1.165) is 17.8 Å². The molecule has 0 saturated heterocycles. The van der Waals surface area contributed by atoms with E-state index in [0.29, 0.717) is 5.41 Å². The maximum Gasteiger partial charge on any atom is -0.0383 e. The summed E-state index contributed by atoms with van der Waals surface area (Å²) < 4.78 is 0. The second-order valence-corrected chi connectivity index (χ2v) is 6.58. The molecule has 1 aliphatic rings. The average molecular weight is 196 g/mol. The van der Waals surface area contributed by atoms with Crippen LogP contribution in [-0.4, -0.2) is 0 Å². The van der Waals surface area contributed by atoms with Crippen molar-refractivity contribution >= 4 is 0 Å². The Morgan fingerprint density at radius 1 is 1.21 bits per heavy atom. The lowest BCUT2D eigenvalue weighted by Crippen LogP contribution is -2.29. The Morgan fingerprint density at radius 3 is 2.21 bits per heavy atom. The van der Waals surface area contributed by atoms with Crippen LogP contribution < -0.4 is 0 Å². The topological polar surface area (TPSA) is 0 Å². The zero-order valence-corrected chi connectivity index (χ0v) is 10.8. The van der Waals surface area contributed by atoms with Crippen molar-refractivity contribution in [3.05, 3.63) is 0 Å². The van der Waals surface area contributed by atoms with Gasteiger partial charge in [-0.15, -0.1) is 0 Å². The number of hydrogen-bond donors (Lipinski definition) is 0. The van der Waals surface area contributed by atoms with Gasteiger partial charge >= 0.3 is 0 Å². The van der Waals surface area contributed by atoms with E-state index in [9.17, 15) is 0 Å². The van der Waals surface area contributed by atoms with E-state index in [1.54, 1.807) is 0 Å². The van der Waals surface area contributed by atoms with Crippen molar-refractivity contribution in [2.45, 2.75) is 66.7 Å². The van der Waals surface area contributed by atoms with Gasteiger partial charge in [0.1, 0.15) is 0 Å². The molecule has 0 aliphatic heterocycles. The summed E-state index contributed by atoms with van der Waals surface area (Å²) in [5.74, 6) is 3.10. The highest BCUT2D eigenvalue weighted by molar-refractivity contribution is 4.83. The summed E-state index contributed by atoms with van der Waals surface area (Å²) in [4.78, 5) is 0. The third-order valence-corrected chi connectivity index (χ3v) is 4.02. The molecular weight excluding hydrogens is 168 g/mol. The number of hydrogen-bond acceptors (Lipinski definition) is 0. The predicted molar refractivity (Wildman–Crippen MR) is 64.4 cm³/mol. The molecule has 0 aromatic heterocycles. The lowest BCUT2D eigenvalue weighted by atomic mass is 9.66. The van der Waals surface area contributed by atoms with Gasteiger partial charge in [0.2, 0.25) is 0 Å². The molecule has 0 amide bonds. The Hall–Kier alpha value is 0. The van der Waals surface area contributed by atoms with Crippen LogP contribution in [0.15, 0.2) is 0 Å². The van der Waals surface area contributed by atoms with Gasteiger partial charge < -0.3 is 0 Å². The summed E-state index contributed by atoms with van der Waals surface area (Å²) in [6.45, 7) is 11.8. The van der Waals surface area contributed by atoms with Crippen molar-refractivity contribution in [1.82, 2.24) is 0 Å². The molecule has 0 N–H and O–H groups in total. The van der Waals surface area contributed by atoms with E-state index in [4.69, 9.17) is 0 Å². The maximum atomic E-state index is 2.42. The maximum absolute atomic E-state index is 2.42. The zero-order chi connectivity index (χ0) is 10.8. The van der Waals surface area contributed by atoms with Crippen LogP contribution in [0, 0.1) is 23.2 Å². The molecule has 1 atom stereocenters. The summed E-state index contributed by atoms with van der Waals surface area (Å²) in [6.07, 6.45) is 7.29. The molecule has 1 aliphatic carbocycles. The van der Waals surface area contributed by atoms with Crippen LogP contribution >= 0.6 is 0 Å². The third kappa shape index (κ3) is 3.63. The molecule has 0 heterocycles. The van der Waals surface area contributed by atoms with Gasteiger partial charge in [-0.3, -0.25) is 0 Å². The monoisotopic (exact) mass is 196 g/mol. The van der Waals surface area contributed by atoms with E-state index < -0.39 is 0 Å². The Labute approximate surface area is 90.5 Å². The summed E-state index contributed by atoms with van der Waals surface area (Å²) in [5.41, 5.74) is 0.543. The first-order valence-corrected chi connectivity index (χ1v) is 6.42. The highest BCUT2D eigenvalue weighted by atomic mass is 14.4. The van der Waals surface area contributed by atoms with Gasteiger partial charge in [0, 0.05) is 0 Å². The molecule has 0 aromatic carbocycles.